The number of nitrogens with one attached hydrogen (secondary N) is 1. The third-order valence-corrected chi connectivity index (χ3v) is 6.65. The molecule has 0 saturated heterocycles. The summed E-state index contributed by atoms with van der Waals surface area (Å²) in [5, 5.41) is 2.82. The maximum Gasteiger partial charge on any atom is 0.416 e. The molecule has 1 aliphatic carbocycles. The second-order valence-electron chi connectivity index (χ2n) is 8.82. The monoisotopic (exact) mass is 472 g/mol. The van der Waals surface area contributed by atoms with E-state index in [2.05, 4.69) is 5.32 Å². The lowest BCUT2D eigenvalue weighted by Crippen LogP contribution is -2.43. The fourth-order valence-corrected chi connectivity index (χ4v) is 4.39. The van der Waals surface area contributed by atoms with E-state index in [1.54, 1.807) is 6.92 Å². The van der Waals surface area contributed by atoms with Crippen molar-refractivity contribution in [3.05, 3.63) is 57.8 Å². The summed E-state index contributed by atoms with van der Waals surface area (Å²) in [6.07, 6.45) is 2.80. The van der Waals surface area contributed by atoms with Gasteiger partial charge in [-0.25, -0.2) is 8.42 Å². The minimum absolute atomic E-state index is 0.0282. The SMILES string of the molecule is CC(C)COC1(C)CC=C(S(C)(=O)=O)C=C1C(=O)N1CC2=C(C1)NC=CC(C(F)(F)F)=C2. The molecule has 0 saturated carbocycles. The standard InChI is InChI=1S/C22H27F3N2O4S/c1-14(2)13-31-21(3)7-5-17(32(4,29)30)10-18(21)20(28)27-11-15-9-16(22(23,24)25)6-8-26-19(15)12-27/h5-6,8-10,14,26H,7,11-13H2,1-4H3. The van der Waals surface area contributed by atoms with Gasteiger partial charge in [0, 0.05) is 31.1 Å². The molecule has 3 aliphatic rings. The molecule has 6 nitrogen and oxygen atoms in total. The summed E-state index contributed by atoms with van der Waals surface area (Å²) in [6, 6.07) is 0. The van der Waals surface area contributed by atoms with E-state index in [4.69, 9.17) is 4.74 Å². The number of allylic oxidation sites excluding steroid dienone is 3. The number of halogens is 3. The van der Waals surface area contributed by atoms with Gasteiger partial charge in [0.05, 0.1) is 34.8 Å². The molecular weight excluding hydrogens is 445 g/mol. The lowest BCUT2D eigenvalue weighted by Gasteiger charge is -2.36. The molecule has 0 aromatic rings. The van der Waals surface area contributed by atoms with Crippen LogP contribution in [0.1, 0.15) is 27.2 Å². The quantitative estimate of drug-likeness (QED) is 0.664. The van der Waals surface area contributed by atoms with E-state index < -0.39 is 33.1 Å². The Bertz CT molecular complexity index is 1070. The molecule has 0 spiro atoms. The van der Waals surface area contributed by atoms with Gasteiger partial charge in [-0.3, -0.25) is 4.79 Å². The van der Waals surface area contributed by atoms with Crippen molar-refractivity contribution in [2.24, 2.45) is 5.92 Å². The third-order valence-electron chi connectivity index (χ3n) is 5.51. The number of carbonyl (C=O) groups is 1. The number of sulfone groups is 1. The van der Waals surface area contributed by atoms with Gasteiger partial charge in [0.25, 0.3) is 5.91 Å². The molecule has 2 heterocycles. The molecule has 0 bridgehead atoms. The summed E-state index contributed by atoms with van der Waals surface area (Å²) < 4.78 is 69.8. The van der Waals surface area contributed by atoms with E-state index in [9.17, 15) is 26.4 Å². The van der Waals surface area contributed by atoms with E-state index >= 15 is 0 Å². The lowest BCUT2D eigenvalue weighted by molar-refractivity contribution is -0.129. The number of alkyl halides is 3. The van der Waals surface area contributed by atoms with Crippen LogP contribution in [0.15, 0.2) is 57.8 Å². The predicted molar refractivity (Wildman–Crippen MR) is 115 cm³/mol. The molecule has 176 valence electrons. The molecule has 1 atom stereocenters. The lowest BCUT2D eigenvalue weighted by atomic mass is 9.86. The first-order valence-electron chi connectivity index (χ1n) is 10.2. The molecule has 0 radical (unpaired) electrons. The number of hydrogen-bond acceptors (Lipinski definition) is 5. The number of ether oxygens (including phenoxy) is 1. The van der Waals surface area contributed by atoms with Gasteiger partial charge in [-0.05, 0) is 36.6 Å². The first kappa shape index (κ1) is 24.3. The van der Waals surface area contributed by atoms with Crippen LogP contribution in [0.4, 0.5) is 13.2 Å². The van der Waals surface area contributed by atoms with Gasteiger partial charge in [-0.15, -0.1) is 0 Å². The topological polar surface area (TPSA) is 75.7 Å². The van der Waals surface area contributed by atoms with E-state index in [0.717, 1.165) is 18.4 Å². The average Bonchev–Trinajstić information content (AvgIpc) is 2.95. The summed E-state index contributed by atoms with van der Waals surface area (Å²) in [7, 11) is -3.55. The maximum absolute atomic E-state index is 13.5. The highest BCUT2D eigenvalue weighted by molar-refractivity contribution is 7.94. The van der Waals surface area contributed by atoms with Gasteiger partial charge in [0.1, 0.15) is 0 Å². The summed E-state index contributed by atoms with van der Waals surface area (Å²) in [4.78, 5) is 14.9. The van der Waals surface area contributed by atoms with Gasteiger partial charge in [0.2, 0.25) is 0 Å². The summed E-state index contributed by atoms with van der Waals surface area (Å²) in [5.41, 5.74) is -0.830. The van der Waals surface area contributed by atoms with E-state index in [0.29, 0.717) is 17.9 Å². The summed E-state index contributed by atoms with van der Waals surface area (Å²) in [6.45, 7) is 6.06. The Morgan fingerprint density at radius 2 is 1.97 bits per heavy atom. The number of carbonyl (C=O) groups excluding carboxylic acids is 1. The van der Waals surface area contributed by atoms with Crippen LogP contribution >= 0.6 is 0 Å². The number of rotatable bonds is 5. The van der Waals surface area contributed by atoms with Crippen molar-refractivity contribution < 1.29 is 31.1 Å². The second-order valence-corrected chi connectivity index (χ2v) is 10.8. The third kappa shape index (κ3) is 5.17. The van der Waals surface area contributed by atoms with Gasteiger partial charge in [0.15, 0.2) is 9.84 Å². The Hall–Kier alpha value is -2.33. The number of amides is 1. The molecule has 0 aromatic carbocycles. The van der Waals surface area contributed by atoms with Crippen LogP contribution in [0.25, 0.3) is 0 Å². The molecule has 0 aromatic heterocycles. The molecule has 2 aliphatic heterocycles. The van der Waals surface area contributed by atoms with Gasteiger partial charge in [-0.1, -0.05) is 19.9 Å². The molecule has 10 heteroatoms. The minimum Gasteiger partial charge on any atom is -0.370 e. The van der Waals surface area contributed by atoms with Crippen molar-refractivity contribution in [1.29, 1.82) is 0 Å². The van der Waals surface area contributed by atoms with Gasteiger partial charge < -0.3 is 15.0 Å². The fraction of sp³-hybridized carbons (Fsp3) is 0.500. The summed E-state index contributed by atoms with van der Waals surface area (Å²) >= 11 is 0. The Balaban J connectivity index is 1.90. The van der Waals surface area contributed by atoms with Crippen LogP contribution in [0.3, 0.4) is 0 Å². The number of hydrogen-bond donors (Lipinski definition) is 1. The minimum atomic E-state index is -4.51. The predicted octanol–water partition coefficient (Wildman–Crippen LogP) is 3.38. The fourth-order valence-electron chi connectivity index (χ4n) is 3.67. The van der Waals surface area contributed by atoms with Crippen molar-refractivity contribution in [3.63, 3.8) is 0 Å². The van der Waals surface area contributed by atoms with E-state index in [-0.39, 0.29) is 35.9 Å². The van der Waals surface area contributed by atoms with E-state index in [1.807, 2.05) is 13.8 Å². The van der Waals surface area contributed by atoms with Crippen molar-refractivity contribution in [1.82, 2.24) is 10.2 Å². The van der Waals surface area contributed by atoms with Crippen molar-refractivity contribution in [2.45, 2.75) is 39.0 Å². The van der Waals surface area contributed by atoms with E-state index in [1.165, 1.54) is 23.3 Å². The van der Waals surface area contributed by atoms with Gasteiger partial charge in [-0.2, -0.15) is 13.2 Å². The first-order chi connectivity index (χ1) is 14.7. The average molecular weight is 473 g/mol. The molecule has 1 N–H and O–H groups in total. The Morgan fingerprint density at radius 3 is 2.56 bits per heavy atom. The van der Waals surface area contributed by atoms with Crippen molar-refractivity contribution >= 4 is 15.7 Å². The van der Waals surface area contributed by atoms with Crippen LogP contribution in [0.2, 0.25) is 0 Å². The summed E-state index contributed by atoms with van der Waals surface area (Å²) in [5.74, 6) is -0.277. The molecule has 1 unspecified atom stereocenters. The maximum atomic E-state index is 13.5. The van der Waals surface area contributed by atoms with Crippen LogP contribution in [-0.2, 0) is 19.4 Å². The highest BCUT2D eigenvalue weighted by Crippen LogP contribution is 2.37. The largest absolute Gasteiger partial charge is 0.416 e. The molecule has 3 rings (SSSR count). The normalized spacial score (nSPS) is 24.0. The smallest absolute Gasteiger partial charge is 0.370 e. The second kappa shape index (κ2) is 8.55. The Labute approximate surface area is 186 Å². The van der Waals surface area contributed by atoms with Crippen LogP contribution in [-0.4, -0.2) is 57.0 Å². The zero-order chi connectivity index (χ0) is 23.9. The van der Waals surface area contributed by atoms with Crippen LogP contribution in [0.5, 0.6) is 0 Å². The van der Waals surface area contributed by atoms with Crippen LogP contribution < -0.4 is 5.32 Å². The first-order valence-corrected chi connectivity index (χ1v) is 12.1. The van der Waals surface area contributed by atoms with Crippen LogP contribution in [0, 0.1) is 5.92 Å². The zero-order valence-corrected chi connectivity index (χ0v) is 19.2. The number of nitrogens with zero attached hydrogens (tertiary/aromatic N) is 1. The van der Waals surface area contributed by atoms with Crippen molar-refractivity contribution in [3.8, 4) is 0 Å². The highest BCUT2D eigenvalue weighted by atomic mass is 32.2. The molecule has 1 amide bonds. The molecule has 0 fully saturated rings. The molecular formula is C22H27F3N2O4S. The molecule has 32 heavy (non-hydrogen) atoms. The van der Waals surface area contributed by atoms with Crippen molar-refractivity contribution in [2.75, 3.05) is 26.0 Å². The zero-order valence-electron chi connectivity index (χ0n) is 18.4. The van der Waals surface area contributed by atoms with Gasteiger partial charge >= 0.3 is 6.18 Å². The Morgan fingerprint density at radius 1 is 1.28 bits per heavy atom. The Kier molecular flexibility index (Phi) is 6.50. The highest BCUT2D eigenvalue weighted by Gasteiger charge is 2.41.